The van der Waals surface area contributed by atoms with E-state index >= 15 is 0 Å². The van der Waals surface area contributed by atoms with E-state index in [4.69, 9.17) is 4.74 Å². The first kappa shape index (κ1) is 11.8. The van der Waals surface area contributed by atoms with Gasteiger partial charge in [-0.05, 0) is 19.1 Å². The Labute approximate surface area is 111 Å². The molecule has 0 saturated heterocycles. The summed E-state index contributed by atoms with van der Waals surface area (Å²) in [6.45, 7) is 2.89. The minimum Gasteiger partial charge on any atom is -0.466 e. The zero-order valence-corrected chi connectivity index (χ0v) is 10.7. The van der Waals surface area contributed by atoms with Gasteiger partial charge in [-0.15, -0.1) is 0 Å². The summed E-state index contributed by atoms with van der Waals surface area (Å²) >= 11 is 0. The van der Waals surface area contributed by atoms with Crippen LogP contribution in [0.1, 0.15) is 13.3 Å². The summed E-state index contributed by atoms with van der Waals surface area (Å²) in [7, 11) is 0. The highest BCUT2D eigenvalue weighted by Crippen LogP contribution is 2.42. The third-order valence-corrected chi connectivity index (χ3v) is 3.15. The normalized spacial score (nSPS) is 15.4. The first-order valence-electron chi connectivity index (χ1n) is 6.34. The maximum atomic E-state index is 11.6. The molecule has 2 aliphatic heterocycles. The molecular weight excluding hydrogens is 242 g/mol. The molecule has 0 aromatic heterocycles. The zero-order chi connectivity index (χ0) is 13.2. The first-order chi connectivity index (χ1) is 9.29. The fourth-order valence-corrected chi connectivity index (χ4v) is 2.35. The monoisotopic (exact) mass is 257 g/mol. The van der Waals surface area contributed by atoms with Crippen molar-refractivity contribution in [3.8, 4) is 0 Å². The minimum atomic E-state index is -0.209. The third kappa shape index (κ3) is 2.07. The van der Waals surface area contributed by atoms with Crippen molar-refractivity contribution >= 4 is 29.2 Å². The summed E-state index contributed by atoms with van der Waals surface area (Å²) < 4.78 is 5.01. The van der Waals surface area contributed by atoms with Crippen molar-refractivity contribution in [1.29, 1.82) is 0 Å². The second-order valence-corrected chi connectivity index (χ2v) is 4.36. The molecule has 98 valence electrons. The number of aliphatic imine (C=N–C) groups is 1. The fourth-order valence-electron chi connectivity index (χ4n) is 2.35. The van der Waals surface area contributed by atoms with Gasteiger partial charge in [0.1, 0.15) is 0 Å². The Kier molecular flexibility index (Phi) is 2.95. The Morgan fingerprint density at radius 1 is 1.53 bits per heavy atom. The van der Waals surface area contributed by atoms with E-state index in [1.807, 2.05) is 37.5 Å². The number of nitrogens with zero attached hydrogens (tertiary/aromatic N) is 2. The van der Waals surface area contributed by atoms with Crippen molar-refractivity contribution in [3.05, 3.63) is 30.1 Å². The number of nitrogens with one attached hydrogen (secondary N) is 1. The molecule has 19 heavy (non-hydrogen) atoms. The molecule has 1 aromatic rings. The summed E-state index contributed by atoms with van der Waals surface area (Å²) in [5.74, 6) is -0.209. The van der Waals surface area contributed by atoms with Crippen LogP contribution < -0.4 is 10.2 Å². The average Bonchev–Trinajstić information content (AvgIpc) is 2.43. The van der Waals surface area contributed by atoms with E-state index in [1.165, 1.54) is 0 Å². The van der Waals surface area contributed by atoms with Crippen LogP contribution >= 0.6 is 0 Å². The molecule has 5 nitrogen and oxygen atoms in total. The van der Waals surface area contributed by atoms with Crippen molar-refractivity contribution in [1.82, 2.24) is 0 Å². The van der Waals surface area contributed by atoms with Crippen LogP contribution in [0.25, 0.3) is 0 Å². The van der Waals surface area contributed by atoms with Crippen LogP contribution in [0.4, 0.5) is 17.1 Å². The van der Waals surface area contributed by atoms with Crippen LogP contribution in [-0.2, 0) is 9.53 Å². The molecular formula is C14H15N3O2. The number of benzene rings is 1. The molecule has 2 aliphatic rings. The zero-order valence-electron chi connectivity index (χ0n) is 10.7. The molecule has 0 amide bonds. The predicted octanol–water partition coefficient (Wildman–Crippen LogP) is 2.43. The molecule has 0 unspecified atom stereocenters. The molecule has 0 aliphatic carbocycles. The van der Waals surface area contributed by atoms with Gasteiger partial charge in [0.15, 0.2) is 0 Å². The molecule has 0 atom stereocenters. The van der Waals surface area contributed by atoms with Crippen molar-refractivity contribution in [2.45, 2.75) is 13.3 Å². The standard InChI is InChI=1S/C14H15N3O2/c1-2-19-13(18)8-10-9-16-12-5-3-4-11-14(12)17(10)7-6-15-11/h3-6,9,16H,2,7-8H2,1H3. The van der Waals surface area contributed by atoms with E-state index in [1.54, 1.807) is 0 Å². The van der Waals surface area contributed by atoms with Crippen LogP contribution in [0, 0.1) is 0 Å². The second-order valence-electron chi connectivity index (χ2n) is 4.36. The van der Waals surface area contributed by atoms with E-state index in [-0.39, 0.29) is 12.4 Å². The van der Waals surface area contributed by atoms with E-state index in [9.17, 15) is 4.79 Å². The molecule has 0 radical (unpaired) electrons. The number of carbonyl (C=O) groups is 1. The van der Waals surface area contributed by atoms with Crippen LogP contribution in [0.3, 0.4) is 0 Å². The van der Waals surface area contributed by atoms with Crippen LogP contribution in [0.2, 0.25) is 0 Å². The Morgan fingerprint density at radius 2 is 2.42 bits per heavy atom. The molecule has 2 heterocycles. The van der Waals surface area contributed by atoms with Crippen molar-refractivity contribution in [2.75, 3.05) is 23.4 Å². The quantitative estimate of drug-likeness (QED) is 0.845. The van der Waals surface area contributed by atoms with Crippen LogP contribution in [0.5, 0.6) is 0 Å². The van der Waals surface area contributed by atoms with Gasteiger partial charge in [-0.25, -0.2) is 0 Å². The lowest BCUT2D eigenvalue weighted by molar-refractivity contribution is -0.142. The van der Waals surface area contributed by atoms with Gasteiger partial charge in [-0.3, -0.25) is 9.79 Å². The van der Waals surface area contributed by atoms with Gasteiger partial charge in [-0.1, -0.05) is 6.07 Å². The smallest absolute Gasteiger partial charge is 0.311 e. The lowest BCUT2D eigenvalue weighted by Gasteiger charge is -2.34. The number of anilines is 2. The summed E-state index contributed by atoms with van der Waals surface area (Å²) in [5.41, 5.74) is 3.88. The fraction of sp³-hybridized carbons (Fsp3) is 0.286. The number of carbonyl (C=O) groups excluding carboxylic acids is 1. The number of hydrogen-bond acceptors (Lipinski definition) is 5. The van der Waals surface area contributed by atoms with Crippen LogP contribution in [-0.4, -0.2) is 25.3 Å². The Hall–Kier alpha value is -2.30. The first-order valence-corrected chi connectivity index (χ1v) is 6.34. The molecule has 0 saturated carbocycles. The molecule has 1 aromatic carbocycles. The maximum absolute atomic E-state index is 11.6. The van der Waals surface area contributed by atoms with Gasteiger partial charge in [0.2, 0.25) is 0 Å². The van der Waals surface area contributed by atoms with E-state index in [2.05, 4.69) is 15.2 Å². The molecule has 1 N–H and O–H groups in total. The number of ether oxygens (including phenoxy) is 1. The minimum absolute atomic E-state index is 0.209. The number of rotatable bonds is 3. The van der Waals surface area contributed by atoms with Gasteiger partial charge < -0.3 is 15.0 Å². The van der Waals surface area contributed by atoms with Gasteiger partial charge in [-0.2, -0.15) is 0 Å². The Morgan fingerprint density at radius 3 is 3.26 bits per heavy atom. The summed E-state index contributed by atoms with van der Waals surface area (Å²) in [5, 5.41) is 3.21. The Bertz CT molecular complexity index is 578. The predicted molar refractivity (Wildman–Crippen MR) is 74.9 cm³/mol. The van der Waals surface area contributed by atoms with Crippen molar-refractivity contribution in [3.63, 3.8) is 0 Å². The highest BCUT2D eigenvalue weighted by Gasteiger charge is 2.25. The van der Waals surface area contributed by atoms with Crippen molar-refractivity contribution < 1.29 is 9.53 Å². The summed E-state index contributed by atoms with van der Waals surface area (Å²) in [6, 6.07) is 5.94. The Balaban J connectivity index is 1.90. The lowest BCUT2D eigenvalue weighted by atomic mass is 10.1. The average molecular weight is 257 g/mol. The molecule has 3 rings (SSSR count). The maximum Gasteiger partial charge on any atom is 0.311 e. The van der Waals surface area contributed by atoms with Gasteiger partial charge in [0.05, 0.1) is 36.6 Å². The second kappa shape index (κ2) is 4.76. The molecule has 0 fully saturated rings. The van der Waals surface area contributed by atoms with Crippen molar-refractivity contribution in [2.24, 2.45) is 4.99 Å². The van der Waals surface area contributed by atoms with Gasteiger partial charge in [0.25, 0.3) is 0 Å². The SMILES string of the molecule is CCOC(=O)CC1=CNc2cccc3c2N1CC=N3. The number of hydrogen-bond donors (Lipinski definition) is 1. The largest absolute Gasteiger partial charge is 0.466 e. The number of para-hydroxylation sites is 1. The van der Waals surface area contributed by atoms with Gasteiger partial charge in [0, 0.05) is 18.1 Å². The highest BCUT2D eigenvalue weighted by molar-refractivity contribution is 5.93. The molecule has 5 heteroatoms. The number of esters is 1. The lowest BCUT2D eigenvalue weighted by Crippen LogP contribution is -2.32. The third-order valence-electron chi connectivity index (χ3n) is 3.15. The highest BCUT2D eigenvalue weighted by atomic mass is 16.5. The topological polar surface area (TPSA) is 53.9 Å². The van der Waals surface area contributed by atoms with Gasteiger partial charge >= 0.3 is 5.97 Å². The van der Waals surface area contributed by atoms with E-state index in [0.29, 0.717) is 13.2 Å². The van der Waals surface area contributed by atoms with E-state index < -0.39 is 0 Å². The molecule has 0 spiro atoms. The van der Waals surface area contributed by atoms with E-state index in [0.717, 1.165) is 22.8 Å². The summed E-state index contributed by atoms with van der Waals surface area (Å²) in [6.07, 6.45) is 3.99. The summed E-state index contributed by atoms with van der Waals surface area (Å²) in [4.78, 5) is 18.1. The van der Waals surface area contributed by atoms with Crippen LogP contribution in [0.15, 0.2) is 35.1 Å². The molecule has 0 bridgehead atoms.